The smallest absolute Gasteiger partial charge is 0.115 e. The quantitative estimate of drug-likeness (QED) is 0.609. The number of aromatic hydroxyl groups is 2. The molecule has 2 aromatic rings. The Morgan fingerprint density at radius 1 is 0.800 bits per heavy atom. The van der Waals surface area contributed by atoms with Crippen LogP contribution >= 0.6 is 0 Å². The molecule has 0 radical (unpaired) electrons. The van der Waals surface area contributed by atoms with Gasteiger partial charge in [0.25, 0.3) is 0 Å². The molecule has 5 nitrogen and oxygen atoms in total. The van der Waals surface area contributed by atoms with Gasteiger partial charge in [0.15, 0.2) is 0 Å². The normalized spacial score (nSPS) is 33.8. The van der Waals surface area contributed by atoms with Gasteiger partial charge >= 0.3 is 0 Å². The summed E-state index contributed by atoms with van der Waals surface area (Å²) in [6, 6.07) is 15.1. The van der Waals surface area contributed by atoms with Crippen LogP contribution in [0.25, 0.3) is 0 Å². The number of fused-ring (bicyclic) bond motifs is 5. The van der Waals surface area contributed by atoms with Crippen molar-refractivity contribution in [2.45, 2.75) is 62.9 Å². The molecule has 0 spiro atoms. The predicted molar refractivity (Wildman–Crippen MR) is 134 cm³/mol. The maximum Gasteiger partial charge on any atom is 0.115 e. The zero-order chi connectivity index (χ0) is 24.6. The number of benzene rings is 2. The third kappa shape index (κ3) is 3.47. The van der Waals surface area contributed by atoms with Crippen LogP contribution in [0.5, 0.6) is 11.5 Å². The summed E-state index contributed by atoms with van der Waals surface area (Å²) in [5.41, 5.74) is 2.66. The van der Waals surface area contributed by atoms with E-state index in [1.165, 1.54) is 5.57 Å². The van der Waals surface area contributed by atoms with Gasteiger partial charge in [-0.25, -0.2) is 0 Å². The molecule has 0 saturated carbocycles. The molecule has 35 heavy (non-hydrogen) atoms. The van der Waals surface area contributed by atoms with Crippen LogP contribution in [-0.2, 0) is 25.0 Å². The Morgan fingerprint density at radius 2 is 1.40 bits per heavy atom. The molecule has 1 aliphatic carbocycles. The summed E-state index contributed by atoms with van der Waals surface area (Å²) in [4.78, 5) is 0. The molecule has 0 aromatic heterocycles. The number of ether oxygens (including phenoxy) is 3. The van der Waals surface area contributed by atoms with Gasteiger partial charge in [0.2, 0.25) is 0 Å². The number of rotatable bonds is 4. The molecule has 4 aliphatic rings. The van der Waals surface area contributed by atoms with Crippen LogP contribution in [0, 0.1) is 11.3 Å². The zero-order valence-corrected chi connectivity index (χ0v) is 20.8. The highest BCUT2D eigenvalue weighted by Crippen LogP contribution is 2.63. The summed E-state index contributed by atoms with van der Waals surface area (Å²) in [5.74, 6) is 0.642. The fourth-order valence-corrected chi connectivity index (χ4v) is 6.54. The third-order valence-corrected chi connectivity index (χ3v) is 9.02. The van der Waals surface area contributed by atoms with Crippen molar-refractivity contribution < 1.29 is 24.4 Å². The van der Waals surface area contributed by atoms with Crippen LogP contribution < -0.4 is 0 Å². The molecule has 3 fully saturated rings. The van der Waals surface area contributed by atoms with E-state index < -0.39 is 0 Å². The number of hydrogen-bond acceptors (Lipinski definition) is 5. The van der Waals surface area contributed by atoms with E-state index in [9.17, 15) is 10.2 Å². The molecule has 0 bridgehead atoms. The lowest BCUT2D eigenvalue weighted by Gasteiger charge is -2.51. The summed E-state index contributed by atoms with van der Waals surface area (Å²) >= 11 is 0. The van der Waals surface area contributed by atoms with Crippen molar-refractivity contribution >= 4 is 0 Å². The number of epoxide rings is 2. The third-order valence-electron chi connectivity index (χ3n) is 9.02. The molecule has 184 valence electrons. The molecular weight excluding hydrogens is 440 g/mol. The number of allylic oxidation sites excluding steroid dienone is 2. The van der Waals surface area contributed by atoms with Gasteiger partial charge in [-0.05, 0) is 41.0 Å². The highest BCUT2D eigenvalue weighted by atomic mass is 16.6. The summed E-state index contributed by atoms with van der Waals surface area (Å²) in [6.45, 7) is 10.2. The SMILES string of the molecule is CC(C)(C1=CC2C3OC3COCC3OC3C2(C(C)(C)c2ccc(O)cc2)C=C1)c1ccc(O)cc1. The van der Waals surface area contributed by atoms with Crippen molar-refractivity contribution in [1.82, 2.24) is 0 Å². The molecule has 6 unspecified atom stereocenters. The fourth-order valence-electron chi connectivity index (χ4n) is 6.54. The van der Waals surface area contributed by atoms with Crippen molar-refractivity contribution in [3.8, 4) is 11.5 Å². The molecular formula is C30H34O5. The monoisotopic (exact) mass is 474 g/mol. The Hall–Kier alpha value is -2.60. The van der Waals surface area contributed by atoms with Gasteiger partial charge < -0.3 is 24.4 Å². The Morgan fingerprint density at radius 3 is 2.06 bits per heavy atom. The Kier molecular flexibility index (Phi) is 5.02. The molecule has 3 heterocycles. The number of hydrogen-bond donors (Lipinski definition) is 2. The summed E-state index contributed by atoms with van der Waals surface area (Å²) < 4.78 is 18.6. The Labute approximate surface area is 207 Å². The number of phenols is 2. The van der Waals surface area contributed by atoms with Gasteiger partial charge in [-0.3, -0.25) is 0 Å². The number of phenolic OH excluding ortho intramolecular Hbond substituents is 2. The first-order valence-electron chi connectivity index (χ1n) is 12.5. The standard InChI is InChI=1S/C30H34O5/c1-28(2,18-5-9-21(31)10-6-18)20-13-14-30(29(3,4)19-7-11-22(32)12-8-19)23(15-20)26-24(34-26)16-33-17-25-27(30)35-25/h5-15,23-27,31-32H,16-17H2,1-4H3. The van der Waals surface area contributed by atoms with Crippen LogP contribution in [0.1, 0.15) is 38.8 Å². The van der Waals surface area contributed by atoms with Crippen molar-refractivity contribution in [3.63, 3.8) is 0 Å². The first-order valence-corrected chi connectivity index (χ1v) is 12.5. The molecule has 3 aliphatic heterocycles. The molecule has 2 N–H and O–H groups in total. The highest BCUT2D eigenvalue weighted by molar-refractivity contribution is 5.49. The second-order valence-corrected chi connectivity index (χ2v) is 11.5. The molecule has 2 aromatic carbocycles. The Bertz CT molecular complexity index is 1180. The summed E-state index contributed by atoms with van der Waals surface area (Å²) in [5, 5.41) is 19.7. The minimum absolute atomic E-state index is 0.0186. The van der Waals surface area contributed by atoms with Crippen LogP contribution in [0.2, 0.25) is 0 Å². The van der Waals surface area contributed by atoms with Crippen molar-refractivity contribution in [3.05, 3.63) is 83.5 Å². The van der Waals surface area contributed by atoms with Gasteiger partial charge in [-0.1, -0.05) is 70.2 Å². The topological polar surface area (TPSA) is 74.8 Å². The molecule has 3 saturated heterocycles. The minimum Gasteiger partial charge on any atom is -0.508 e. The van der Waals surface area contributed by atoms with Crippen molar-refractivity contribution in [1.29, 1.82) is 0 Å². The lowest BCUT2D eigenvalue weighted by atomic mass is 9.51. The molecule has 0 amide bonds. The first kappa shape index (κ1) is 22.8. The molecule has 6 rings (SSSR count). The molecule has 5 heteroatoms. The first-order chi connectivity index (χ1) is 16.6. The van der Waals surface area contributed by atoms with E-state index in [2.05, 4.69) is 45.9 Å². The van der Waals surface area contributed by atoms with E-state index in [1.807, 2.05) is 24.3 Å². The van der Waals surface area contributed by atoms with Gasteiger partial charge in [0, 0.05) is 22.2 Å². The van der Waals surface area contributed by atoms with Crippen LogP contribution in [-0.4, -0.2) is 47.8 Å². The average molecular weight is 475 g/mol. The summed E-state index contributed by atoms with van der Waals surface area (Å²) in [6.07, 6.45) is 7.32. The fraction of sp³-hybridized carbons (Fsp3) is 0.467. The van der Waals surface area contributed by atoms with Crippen LogP contribution in [0.3, 0.4) is 0 Å². The van der Waals surface area contributed by atoms with E-state index in [1.54, 1.807) is 24.3 Å². The van der Waals surface area contributed by atoms with E-state index in [4.69, 9.17) is 14.2 Å². The second kappa shape index (κ2) is 7.70. The van der Waals surface area contributed by atoms with Crippen molar-refractivity contribution in [2.24, 2.45) is 11.3 Å². The Balaban J connectivity index is 1.48. The van der Waals surface area contributed by atoms with Crippen molar-refractivity contribution in [2.75, 3.05) is 13.2 Å². The lowest BCUT2D eigenvalue weighted by Crippen LogP contribution is -2.53. The molecule has 6 atom stereocenters. The maximum atomic E-state index is 9.94. The van der Waals surface area contributed by atoms with E-state index >= 15 is 0 Å². The predicted octanol–water partition coefficient (Wildman–Crippen LogP) is 5.02. The second-order valence-electron chi connectivity index (χ2n) is 11.5. The van der Waals surface area contributed by atoms with Gasteiger partial charge in [-0.2, -0.15) is 0 Å². The van der Waals surface area contributed by atoms with E-state index in [0.29, 0.717) is 13.2 Å². The van der Waals surface area contributed by atoms with Gasteiger partial charge in [-0.15, -0.1) is 0 Å². The van der Waals surface area contributed by atoms with E-state index in [-0.39, 0.29) is 58.1 Å². The maximum absolute atomic E-state index is 9.94. The van der Waals surface area contributed by atoms with Gasteiger partial charge in [0.05, 0.1) is 25.4 Å². The van der Waals surface area contributed by atoms with Gasteiger partial charge in [0.1, 0.15) is 23.7 Å². The van der Waals surface area contributed by atoms with E-state index in [0.717, 1.165) is 11.1 Å². The zero-order valence-electron chi connectivity index (χ0n) is 20.8. The minimum atomic E-state index is -0.337. The summed E-state index contributed by atoms with van der Waals surface area (Å²) in [7, 11) is 0. The highest BCUT2D eigenvalue weighted by Gasteiger charge is 2.68. The largest absolute Gasteiger partial charge is 0.508 e. The lowest BCUT2D eigenvalue weighted by molar-refractivity contribution is 0.0789. The van der Waals surface area contributed by atoms with Crippen LogP contribution in [0.15, 0.2) is 72.3 Å². The van der Waals surface area contributed by atoms with Crippen LogP contribution in [0.4, 0.5) is 0 Å². The average Bonchev–Trinajstić information content (AvgIpc) is 3.76.